The molecule has 3 heteroatoms. The quantitative estimate of drug-likeness (QED) is 0.551. The molecule has 2 heterocycles. The van der Waals surface area contributed by atoms with Gasteiger partial charge in [0.15, 0.2) is 0 Å². The van der Waals surface area contributed by atoms with Gasteiger partial charge < -0.3 is 9.64 Å². The largest absolute Gasteiger partial charge is 0.356 e. The maximum absolute atomic E-state index is 5.31. The Morgan fingerprint density at radius 2 is 2.55 bits per heavy atom. The van der Waals surface area contributed by atoms with Crippen LogP contribution in [0.1, 0.15) is 5.56 Å². The van der Waals surface area contributed by atoms with E-state index in [9.17, 15) is 0 Å². The normalized spacial score (nSPS) is 16.3. The maximum atomic E-state index is 5.31. The first kappa shape index (κ1) is 6.61. The average Bonchev–Trinajstić information content (AvgIpc) is 2.06. The van der Waals surface area contributed by atoms with E-state index < -0.39 is 0 Å². The molecule has 1 aliphatic heterocycles. The van der Waals surface area contributed by atoms with Crippen LogP contribution in [0.2, 0.25) is 0 Å². The second-order valence-corrected chi connectivity index (χ2v) is 2.68. The van der Waals surface area contributed by atoms with E-state index in [1.54, 1.807) is 6.20 Å². The van der Waals surface area contributed by atoms with Crippen LogP contribution in [0.25, 0.3) is 0 Å². The van der Waals surface area contributed by atoms with Crippen LogP contribution in [0, 0.1) is 0 Å². The van der Waals surface area contributed by atoms with Crippen LogP contribution in [0.15, 0.2) is 18.5 Å². The van der Waals surface area contributed by atoms with Gasteiger partial charge in [-0.25, -0.2) is 0 Å². The average molecular weight is 150 g/mol. The zero-order valence-electron chi connectivity index (χ0n) is 6.45. The first-order valence-corrected chi connectivity index (χ1v) is 3.60. The van der Waals surface area contributed by atoms with Crippen LogP contribution in [0.3, 0.4) is 0 Å². The lowest BCUT2D eigenvalue weighted by atomic mass is 10.2. The van der Waals surface area contributed by atoms with Crippen LogP contribution in [-0.2, 0) is 11.3 Å². The van der Waals surface area contributed by atoms with Crippen molar-refractivity contribution in [3.8, 4) is 0 Å². The van der Waals surface area contributed by atoms with Gasteiger partial charge in [-0.3, -0.25) is 4.98 Å². The highest BCUT2D eigenvalue weighted by atomic mass is 16.5. The first-order valence-electron chi connectivity index (χ1n) is 3.60. The zero-order valence-corrected chi connectivity index (χ0v) is 6.45. The summed E-state index contributed by atoms with van der Waals surface area (Å²) >= 11 is 0. The lowest BCUT2D eigenvalue weighted by Gasteiger charge is -2.26. The van der Waals surface area contributed by atoms with Gasteiger partial charge >= 0.3 is 0 Å². The molecule has 0 fully saturated rings. The van der Waals surface area contributed by atoms with Gasteiger partial charge in [0.05, 0.1) is 18.5 Å². The Hall–Kier alpha value is -1.09. The topological polar surface area (TPSA) is 25.4 Å². The molecule has 1 aromatic heterocycles. The first-order chi connectivity index (χ1) is 5.38. The minimum absolute atomic E-state index is 0.665. The van der Waals surface area contributed by atoms with E-state index in [0.29, 0.717) is 13.3 Å². The minimum Gasteiger partial charge on any atom is -0.356 e. The summed E-state index contributed by atoms with van der Waals surface area (Å²) in [5.74, 6) is 0. The second-order valence-electron chi connectivity index (χ2n) is 2.68. The monoisotopic (exact) mass is 150 g/mol. The summed E-state index contributed by atoms with van der Waals surface area (Å²) in [6, 6.07) is 1.99. The summed E-state index contributed by atoms with van der Waals surface area (Å²) < 4.78 is 5.31. The van der Waals surface area contributed by atoms with E-state index in [4.69, 9.17) is 4.74 Å². The van der Waals surface area contributed by atoms with Crippen molar-refractivity contribution in [2.75, 3.05) is 18.7 Å². The van der Waals surface area contributed by atoms with Gasteiger partial charge in [-0.2, -0.15) is 0 Å². The summed E-state index contributed by atoms with van der Waals surface area (Å²) in [6.45, 7) is 1.38. The third-order valence-electron chi connectivity index (χ3n) is 1.84. The molecular weight excluding hydrogens is 140 g/mol. The summed E-state index contributed by atoms with van der Waals surface area (Å²) in [7, 11) is 2.00. The lowest BCUT2D eigenvalue weighted by Crippen LogP contribution is -2.26. The highest BCUT2D eigenvalue weighted by molar-refractivity contribution is 5.51. The molecule has 0 amide bonds. The van der Waals surface area contributed by atoms with E-state index in [1.807, 2.05) is 24.2 Å². The van der Waals surface area contributed by atoms with Gasteiger partial charge in [-0.1, -0.05) is 0 Å². The van der Waals surface area contributed by atoms with E-state index in [-0.39, 0.29) is 0 Å². The van der Waals surface area contributed by atoms with E-state index in [1.165, 1.54) is 11.3 Å². The molecule has 0 bridgehead atoms. The highest BCUT2D eigenvalue weighted by Crippen LogP contribution is 2.22. The van der Waals surface area contributed by atoms with Crippen molar-refractivity contribution in [1.82, 2.24) is 4.98 Å². The van der Waals surface area contributed by atoms with Crippen molar-refractivity contribution in [3.05, 3.63) is 24.0 Å². The zero-order chi connectivity index (χ0) is 7.68. The van der Waals surface area contributed by atoms with Crippen LogP contribution < -0.4 is 4.90 Å². The molecule has 58 valence electrons. The van der Waals surface area contributed by atoms with Crippen molar-refractivity contribution >= 4 is 5.69 Å². The summed E-state index contributed by atoms with van der Waals surface area (Å²) in [5.41, 5.74) is 2.40. The Balaban J connectivity index is 2.44. The maximum Gasteiger partial charge on any atom is 0.119 e. The molecule has 0 spiro atoms. The number of aromatic nitrogens is 1. The van der Waals surface area contributed by atoms with Gasteiger partial charge in [0.25, 0.3) is 0 Å². The van der Waals surface area contributed by atoms with E-state index in [0.717, 1.165) is 0 Å². The van der Waals surface area contributed by atoms with Gasteiger partial charge in [-0.05, 0) is 6.07 Å². The molecule has 2 rings (SSSR count). The fraction of sp³-hybridized carbons (Fsp3) is 0.375. The molecule has 0 N–H and O–H groups in total. The number of hydrogen-bond acceptors (Lipinski definition) is 3. The lowest BCUT2D eigenvalue weighted by molar-refractivity contribution is 0.113. The van der Waals surface area contributed by atoms with Crippen LogP contribution in [0.5, 0.6) is 0 Å². The Morgan fingerprint density at radius 1 is 1.64 bits per heavy atom. The fourth-order valence-electron chi connectivity index (χ4n) is 1.24. The highest BCUT2D eigenvalue weighted by Gasteiger charge is 2.12. The molecule has 0 unspecified atom stereocenters. The van der Waals surface area contributed by atoms with Gasteiger partial charge in [0.1, 0.15) is 6.73 Å². The molecule has 3 nitrogen and oxygen atoms in total. The Kier molecular flexibility index (Phi) is 1.51. The predicted octanol–water partition coefficient (Wildman–Crippen LogP) is 1.01. The number of anilines is 1. The van der Waals surface area contributed by atoms with Crippen LogP contribution in [-0.4, -0.2) is 18.8 Å². The molecule has 11 heavy (non-hydrogen) atoms. The molecule has 1 aliphatic rings. The number of ether oxygens (including phenoxy) is 1. The smallest absolute Gasteiger partial charge is 0.119 e. The minimum atomic E-state index is 0.665. The van der Waals surface area contributed by atoms with Crippen LogP contribution >= 0.6 is 0 Å². The summed E-state index contributed by atoms with van der Waals surface area (Å²) in [4.78, 5) is 6.10. The van der Waals surface area contributed by atoms with E-state index in [2.05, 4.69) is 4.98 Å². The summed E-state index contributed by atoms with van der Waals surface area (Å²) in [6.07, 6.45) is 3.67. The summed E-state index contributed by atoms with van der Waals surface area (Å²) in [5, 5.41) is 0. The number of fused-ring (bicyclic) bond motifs is 1. The number of hydrogen-bond donors (Lipinski definition) is 0. The predicted molar refractivity (Wildman–Crippen MR) is 42.3 cm³/mol. The second kappa shape index (κ2) is 2.51. The number of rotatable bonds is 0. The third-order valence-corrected chi connectivity index (χ3v) is 1.84. The van der Waals surface area contributed by atoms with E-state index >= 15 is 0 Å². The van der Waals surface area contributed by atoms with Crippen molar-refractivity contribution in [2.24, 2.45) is 0 Å². The fourth-order valence-corrected chi connectivity index (χ4v) is 1.24. The Bertz CT molecular complexity index is 262. The molecule has 0 saturated carbocycles. The molecule has 0 aromatic carbocycles. The van der Waals surface area contributed by atoms with Gasteiger partial charge in [-0.15, -0.1) is 0 Å². The van der Waals surface area contributed by atoms with Crippen molar-refractivity contribution in [1.29, 1.82) is 0 Å². The molecule has 0 aliphatic carbocycles. The van der Waals surface area contributed by atoms with Crippen molar-refractivity contribution in [3.63, 3.8) is 0 Å². The molecule has 0 radical (unpaired) electrons. The van der Waals surface area contributed by atoms with Crippen molar-refractivity contribution in [2.45, 2.75) is 6.61 Å². The Labute approximate surface area is 65.6 Å². The Morgan fingerprint density at radius 3 is 3.36 bits per heavy atom. The van der Waals surface area contributed by atoms with Gasteiger partial charge in [0.2, 0.25) is 0 Å². The molecule has 1 aromatic rings. The van der Waals surface area contributed by atoms with Gasteiger partial charge in [0, 0.05) is 18.8 Å². The third kappa shape index (κ3) is 1.07. The molecule has 0 saturated heterocycles. The SMILES string of the molecule is CN1COCc2ccncc21. The molecule has 0 atom stereocenters. The number of nitrogens with zero attached hydrogens (tertiary/aromatic N) is 2. The standard InChI is InChI=1S/C8H10N2O/c1-10-6-11-5-7-2-3-9-4-8(7)10/h2-4H,5-6H2,1H3. The van der Waals surface area contributed by atoms with Crippen molar-refractivity contribution < 1.29 is 4.74 Å². The molecular formula is C8H10N2O. The number of pyridine rings is 1. The van der Waals surface area contributed by atoms with Crippen LogP contribution in [0.4, 0.5) is 5.69 Å².